The maximum Gasteiger partial charge on any atom is 0.0445 e. The average molecular weight is 275 g/mol. The largest absolute Gasteiger partial charge is 0.368 e. The monoisotopic (exact) mass is 275 g/mol. The molecular formula is C17H29N3. The molecule has 1 saturated carbocycles. The lowest BCUT2D eigenvalue weighted by Gasteiger charge is -2.36. The molecule has 0 radical (unpaired) electrons. The first-order valence-corrected chi connectivity index (χ1v) is 8.27. The Hall–Kier alpha value is -1.09. The van der Waals surface area contributed by atoms with Gasteiger partial charge in [0.2, 0.25) is 0 Å². The highest BCUT2D eigenvalue weighted by atomic mass is 15.2. The van der Waals surface area contributed by atoms with E-state index < -0.39 is 0 Å². The molecule has 112 valence electrons. The van der Waals surface area contributed by atoms with Gasteiger partial charge < -0.3 is 10.2 Å². The number of hydrogen-bond acceptors (Lipinski definition) is 3. The predicted molar refractivity (Wildman–Crippen MR) is 86.1 cm³/mol. The van der Waals surface area contributed by atoms with Crippen LogP contribution in [-0.2, 0) is 6.54 Å². The molecule has 1 aliphatic carbocycles. The number of anilines is 1. The molecule has 0 unspecified atom stereocenters. The molecule has 1 aromatic heterocycles. The molecule has 1 aliphatic rings. The Morgan fingerprint density at radius 1 is 1.25 bits per heavy atom. The normalized spacial score (nSPS) is 16.3. The van der Waals surface area contributed by atoms with Crippen molar-refractivity contribution < 1.29 is 0 Å². The second kappa shape index (κ2) is 8.25. The summed E-state index contributed by atoms with van der Waals surface area (Å²) in [6, 6.07) is 2.92. The molecule has 3 nitrogen and oxygen atoms in total. The fourth-order valence-electron chi connectivity index (χ4n) is 3.25. The highest BCUT2D eigenvalue weighted by molar-refractivity contribution is 5.53. The molecule has 0 aliphatic heterocycles. The van der Waals surface area contributed by atoms with Crippen LogP contribution in [0.2, 0.25) is 0 Å². The third-order valence-corrected chi connectivity index (χ3v) is 4.29. The van der Waals surface area contributed by atoms with Crippen molar-refractivity contribution in [1.82, 2.24) is 10.3 Å². The molecule has 0 saturated heterocycles. The molecule has 0 atom stereocenters. The van der Waals surface area contributed by atoms with E-state index in [-0.39, 0.29) is 0 Å². The molecule has 0 aromatic carbocycles. The third-order valence-electron chi connectivity index (χ3n) is 4.29. The minimum absolute atomic E-state index is 0.723. The fraction of sp³-hybridized carbons (Fsp3) is 0.706. The summed E-state index contributed by atoms with van der Waals surface area (Å²) in [5.74, 6) is 0. The highest BCUT2D eigenvalue weighted by Crippen LogP contribution is 2.29. The van der Waals surface area contributed by atoms with Crippen LogP contribution in [0, 0.1) is 0 Å². The summed E-state index contributed by atoms with van der Waals surface area (Å²) in [7, 11) is 0. The molecule has 0 bridgehead atoms. The van der Waals surface area contributed by atoms with Crippen molar-refractivity contribution in [3.63, 3.8) is 0 Å². The van der Waals surface area contributed by atoms with Gasteiger partial charge in [0.25, 0.3) is 0 Å². The van der Waals surface area contributed by atoms with Gasteiger partial charge in [0, 0.05) is 42.8 Å². The summed E-state index contributed by atoms with van der Waals surface area (Å²) in [6.45, 7) is 7.58. The van der Waals surface area contributed by atoms with Crippen molar-refractivity contribution in [2.24, 2.45) is 0 Å². The summed E-state index contributed by atoms with van der Waals surface area (Å²) in [6.07, 6.45) is 12.0. The SMILES string of the molecule is CCCNCc1cnccc1N(CC)C1CCCCC1. The van der Waals surface area contributed by atoms with Gasteiger partial charge in [-0.25, -0.2) is 0 Å². The molecule has 2 rings (SSSR count). The summed E-state index contributed by atoms with van der Waals surface area (Å²) >= 11 is 0. The van der Waals surface area contributed by atoms with Gasteiger partial charge in [-0.2, -0.15) is 0 Å². The molecule has 0 spiro atoms. The van der Waals surface area contributed by atoms with Gasteiger partial charge in [-0.1, -0.05) is 26.2 Å². The lowest BCUT2D eigenvalue weighted by atomic mass is 9.93. The number of hydrogen-bond donors (Lipinski definition) is 1. The molecule has 0 amide bonds. The lowest BCUT2D eigenvalue weighted by Crippen LogP contribution is -2.37. The van der Waals surface area contributed by atoms with Crippen LogP contribution in [0.15, 0.2) is 18.5 Å². The Kier molecular flexibility index (Phi) is 6.31. The maximum absolute atomic E-state index is 4.32. The fourth-order valence-corrected chi connectivity index (χ4v) is 3.25. The van der Waals surface area contributed by atoms with Crippen molar-refractivity contribution in [3.8, 4) is 0 Å². The maximum atomic E-state index is 4.32. The summed E-state index contributed by atoms with van der Waals surface area (Å²) in [5, 5.41) is 3.51. The van der Waals surface area contributed by atoms with E-state index in [9.17, 15) is 0 Å². The van der Waals surface area contributed by atoms with E-state index in [0.29, 0.717) is 0 Å². The van der Waals surface area contributed by atoms with E-state index >= 15 is 0 Å². The Morgan fingerprint density at radius 3 is 2.75 bits per heavy atom. The molecule has 1 fully saturated rings. The number of pyridine rings is 1. The Labute approximate surface area is 123 Å². The molecule has 1 heterocycles. The molecule has 1 aromatic rings. The second-order valence-electron chi connectivity index (χ2n) is 5.76. The van der Waals surface area contributed by atoms with E-state index in [1.165, 1.54) is 49.8 Å². The van der Waals surface area contributed by atoms with Gasteiger partial charge in [0.05, 0.1) is 0 Å². The second-order valence-corrected chi connectivity index (χ2v) is 5.76. The van der Waals surface area contributed by atoms with Crippen LogP contribution in [0.4, 0.5) is 5.69 Å². The molecule has 20 heavy (non-hydrogen) atoms. The Balaban J connectivity index is 2.11. The molecule has 3 heteroatoms. The topological polar surface area (TPSA) is 28.2 Å². The van der Waals surface area contributed by atoms with Gasteiger partial charge in [-0.05, 0) is 38.8 Å². The van der Waals surface area contributed by atoms with Crippen molar-refractivity contribution in [2.75, 3.05) is 18.0 Å². The summed E-state index contributed by atoms with van der Waals surface area (Å²) in [4.78, 5) is 6.92. The van der Waals surface area contributed by atoms with Crippen molar-refractivity contribution in [1.29, 1.82) is 0 Å². The van der Waals surface area contributed by atoms with Crippen molar-refractivity contribution in [3.05, 3.63) is 24.0 Å². The summed E-state index contributed by atoms with van der Waals surface area (Å²) in [5.41, 5.74) is 2.73. The lowest BCUT2D eigenvalue weighted by molar-refractivity contribution is 0.417. The number of aromatic nitrogens is 1. The first-order valence-electron chi connectivity index (χ1n) is 8.27. The van der Waals surface area contributed by atoms with Crippen LogP contribution in [-0.4, -0.2) is 24.1 Å². The van der Waals surface area contributed by atoms with E-state index in [2.05, 4.69) is 35.1 Å². The van der Waals surface area contributed by atoms with Crippen LogP contribution in [0.5, 0.6) is 0 Å². The zero-order valence-electron chi connectivity index (χ0n) is 13.1. The number of nitrogens with one attached hydrogen (secondary N) is 1. The Morgan fingerprint density at radius 2 is 2.05 bits per heavy atom. The van der Waals surface area contributed by atoms with Crippen LogP contribution < -0.4 is 10.2 Å². The van der Waals surface area contributed by atoms with Crippen LogP contribution in [0.25, 0.3) is 0 Å². The van der Waals surface area contributed by atoms with E-state index in [4.69, 9.17) is 0 Å². The quantitative estimate of drug-likeness (QED) is 0.768. The first-order chi connectivity index (χ1) is 9.86. The van der Waals surface area contributed by atoms with Gasteiger partial charge in [-0.3, -0.25) is 4.98 Å². The van der Waals surface area contributed by atoms with Gasteiger partial charge in [0.15, 0.2) is 0 Å². The molecular weight excluding hydrogens is 246 g/mol. The van der Waals surface area contributed by atoms with Crippen molar-refractivity contribution in [2.45, 2.75) is 65.0 Å². The first kappa shape index (κ1) is 15.3. The zero-order chi connectivity index (χ0) is 14.2. The summed E-state index contributed by atoms with van der Waals surface area (Å²) < 4.78 is 0. The number of rotatable bonds is 7. The van der Waals surface area contributed by atoms with Gasteiger partial charge in [0.1, 0.15) is 0 Å². The van der Waals surface area contributed by atoms with Gasteiger partial charge in [-0.15, -0.1) is 0 Å². The van der Waals surface area contributed by atoms with E-state index in [1.807, 2.05) is 12.4 Å². The third kappa shape index (κ3) is 3.95. The average Bonchev–Trinajstić information content (AvgIpc) is 2.51. The van der Waals surface area contributed by atoms with Crippen LogP contribution >= 0.6 is 0 Å². The van der Waals surface area contributed by atoms with E-state index in [0.717, 1.165) is 25.7 Å². The molecule has 1 N–H and O–H groups in total. The standard InChI is InChI=1S/C17H29N3/c1-3-11-18-13-15-14-19-12-10-17(15)20(4-2)16-8-6-5-7-9-16/h10,12,14,16,18H,3-9,11,13H2,1-2H3. The highest BCUT2D eigenvalue weighted by Gasteiger charge is 2.21. The number of nitrogens with zero attached hydrogens (tertiary/aromatic N) is 2. The minimum atomic E-state index is 0.723. The zero-order valence-corrected chi connectivity index (χ0v) is 13.1. The smallest absolute Gasteiger partial charge is 0.0445 e. The van der Waals surface area contributed by atoms with E-state index in [1.54, 1.807) is 0 Å². The Bertz CT molecular complexity index is 386. The van der Waals surface area contributed by atoms with Crippen LogP contribution in [0.1, 0.15) is 57.9 Å². The van der Waals surface area contributed by atoms with Crippen molar-refractivity contribution >= 4 is 5.69 Å². The minimum Gasteiger partial charge on any atom is -0.368 e. The van der Waals surface area contributed by atoms with Gasteiger partial charge >= 0.3 is 0 Å². The predicted octanol–water partition coefficient (Wildman–Crippen LogP) is 3.74. The van der Waals surface area contributed by atoms with Crippen LogP contribution in [0.3, 0.4) is 0 Å².